The molecule has 0 fully saturated rings. The zero-order chi connectivity index (χ0) is 19.4. The molecule has 1 heterocycles. The van der Waals surface area contributed by atoms with Gasteiger partial charge in [0.25, 0.3) is 0 Å². The fraction of sp³-hybridized carbons (Fsp3) is 0.111. The lowest BCUT2D eigenvalue weighted by molar-refractivity contribution is -0.117. The number of hydrogen-bond donors (Lipinski definition) is 2. The Bertz CT molecular complexity index is 1010. The molecule has 0 bridgehead atoms. The number of para-hydroxylation sites is 1. The van der Waals surface area contributed by atoms with Gasteiger partial charge in [0.05, 0.1) is 5.69 Å². The number of carbonyl (C=O) groups excluding carboxylic acids is 3. The maximum absolute atomic E-state index is 12.2. The van der Waals surface area contributed by atoms with Crippen LogP contribution in [0.3, 0.4) is 0 Å². The summed E-state index contributed by atoms with van der Waals surface area (Å²) in [6.07, 6.45) is 0. The van der Waals surface area contributed by atoms with Crippen molar-refractivity contribution in [3.05, 3.63) is 59.7 Å². The van der Waals surface area contributed by atoms with Crippen molar-refractivity contribution in [2.75, 3.05) is 5.32 Å². The molecular weight excluding hydrogens is 348 g/mol. The van der Waals surface area contributed by atoms with E-state index in [0.717, 1.165) is 4.80 Å². The Kier molecular flexibility index (Phi) is 5.02. The number of amides is 2. The topological polar surface area (TPSA) is 133 Å². The van der Waals surface area contributed by atoms with Crippen LogP contribution in [0.15, 0.2) is 48.5 Å². The average Bonchev–Trinajstić information content (AvgIpc) is 3.10. The Morgan fingerprint density at radius 2 is 1.78 bits per heavy atom. The lowest BCUT2D eigenvalue weighted by Crippen LogP contribution is -2.21. The second-order valence-electron chi connectivity index (χ2n) is 5.73. The molecule has 27 heavy (non-hydrogen) atoms. The minimum absolute atomic E-state index is 0.147. The van der Waals surface area contributed by atoms with Crippen LogP contribution in [-0.4, -0.2) is 37.8 Å². The number of carbonyl (C=O) groups is 3. The van der Waals surface area contributed by atoms with Crippen LogP contribution in [0, 0.1) is 0 Å². The SMILES string of the molecule is CC(=O)c1ccccc1NC(=O)Cn1nnc(-c2ccc(C(N)=O)cc2)n1. The first-order valence-corrected chi connectivity index (χ1v) is 8.02. The second kappa shape index (κ2) is 7.56. The molecule has 0 saturated heterocycles. The van der Waals surface area contributed by atoms with Gasteiger partial charge in [-0.15, -0.1) is 10.2 Å². The number of aromatic nitrogens is 4. The molecule has 9 heteroatoms. The largest absolute Gasteiger partial charge is 0.366 e. The Labute approximate surface area is 154 Å². The van der Waals surface area contributed by atoms with Gasteiger partial charge >= 0.3 is 0 Å². The number of tetrazole rings is 1. The Hall–Kier alpha value is -3.88. The van der Waals surface area contributed by atoms with Crippen LogP contribution in [0.2, 0.25) is 0 Å². The van der Waals surface area contributed by atoms with E-state index in [9.17, 15) is 14.4 Å². The highest BCUT2D eigenvalue weighted by molar-refractivity contribution is 6.03. The maximum Gasteiger partial charge on any atom is 0.248 e. The monoisotopic (exact) mass is 364 g/mol. The fourth-order valence-corrected chi connectivity index (χ4v) is 2.43. The molecule has 3 N–H and O–H groups in total. The summed E-state index contributed by atoms with van der Waals surface area (Å²) in [5.41, 5.74) is 7.06. The first-order chi connectivity index (χ1) is 12.9. The van der Waals surface area contributed by atoms with Crippen molar-refractivity contribution in [2.24, 2.45) is 5.73 Å². The van der Waals surface area contributed by atoms with Gasteiger partial charge in [0.15, 0.2) is 5.78 Å². The first-order valence-electron chi connectivity index (χ1n) is 8.02. The predicted octanol–water partition coefficient (Wildman–Crippen LogP) is 1.28. The molecule has 2 aromatic carbocycles. The third kappa shape index (κ3) is 4.21. The summed E-state index contributed by atoms with van der Waals surface area (Å²) in [5, 5.41) is 14.6. The molecule has 9 nitrogen and oxygen atoms in total. The summed E-state index contributed by atoms with van der Waals surface area (Å²) in [6.45, 7) is 1.26. The van der Waals surface area contributed by atoms with E-state index in [1.807, 2.05) is 0 Å². The molecule has 0 radical (unpaired) electrons. The molecule has 2 amide bonds. The molecule has 1 aromatic heterocycles. The smallest absolute Gasteiger partial charge is 0.248 e. The van der Waals surface area contributed by atoms with Crippen LogP contribution in [0.5, 0.6) is 0 Å². The third-order valence-electron chi connectivity index (χ3n) is 3.75. The van der Waals surface area contributed by atoms with E-state index >= 15 is 0 Å². The van der Waals surface area contributed by atoms with E-state index in [0.29, 0.717) is 28.2 Å². The molecule has 3 rings (SSSR count). The zero-order valence-electron chi connectivity index (χ0n) is 14.4. The zero-order valence-corrected chi connectivity index (χ0v) is 14.4. The number of nitrogens with zero attached hydrogens (tertiary/aromatic N) is 4. The Balaban J connectivity index is 1.70. The molecule has 0 unspecified atom stereocenters. The van der Waals surface area contributed by atoms with Crippen molar-refractivity contribution >= 4 is 23.3 Å². The van der Waals surface area contributed by atoms with E-state index in [4.69, 9.17) is 5.73 Å². The third-order valence-corrected chi connectivity index (χ3v) is 3.75. The van der Waals surface area contributed by atoms with E-state index in [-0.39, 0.29) is 12.3 Å². The van der Waals surface area contributed by atoms with Gasteiger partial charge in [0, 0.05) is 16.7 Å². The molecule has 0 atom stereocenters. The van der Waals surface area contributed by atoms with Crippen LogP contribution >= 0.6 is 0 Å². The second-order valence-corrected chi connectivity index (χ2v) is 5.73. The molecule has 0 saturated carbocycles. The lowest BCUT2D eigenvalue weighted by Gasteiger charge is -2.08. The molecule has 0 aliphatic heterocycles. The standard InChI is InChI=1S/C18H16N6O3/c1-11(25)14-4-2-3-5-15(14)20-16(26)10-24-22-18(21-23-24)13-8-6-12(7-9-13)17(19)27/h2-9H,10H2,1H3,(H2,19,27)(H,20,26). The van der Waals surface area contributed by atoms with Crippen molar-refractivity contribution in [1.29, 1.82) is 0 Å². The summed E-state index contributed by atoms with van der Waals surface area (Å²) in [5.74, 6) is -0.758. The summed E-state index contributed by atoms with van der Waals surface area (Å²) in [4.78, 5) is 36.1. The number of primary amides is 1. The van der Waals surface area contributed by atoms with Gasteiger partial charge in [-0.2, -0.15) is 4.80 Å². The van der Waals surface area contributed by atoms with E-state index in [1.165, 1.54) is 6.92 Å². The number of Topliss-reactive ketones (excluding diaryl/α,β-unsaturated/α-hetero) is 1. The highest BCUT2D eigenvalue weighted by Gasteiger charge is 2.13. The minimum atomic E-state index is -0.527. The van der Waals surface area contributed by atoms with Gasteiger partial charge in [-0.25, -0.2) is 0 Å². The quantitative estimate of drug-likeness (QED) is 0.633. The molecule has 0 spiro atoms. The number of nitrogens with two attached hydrogens (primary N) is 1. The van der Waals surface area contributed by atoms with Gasteiger partial charge < -0.3 is 11.1 Å². The fourth-order valence-electron chi connectivity index (χ4n) is 2.43. The summed E-state index contributed by atoms with van der Waals surface area (Å²) in [7, 11) is 0. The average molecular weight is 364 g/mol. The van der Waals surface area contributed by atoms with Crippen LogP contribution < -0.4 is 11.1 Å². The van der Waals surface area contributed by atoms with Gasteiger partial charge in [-0.05, 0) is 36.4 Å². The molecule has 0 aliphatic rings. The number of ketones is 1. The number of anilines is 1. The van der Waals surface area contributed by atoms with E-state index < -0.39 is 11.8 Å². The molecular formula is C18H16N6O3. The highest BCUT2D eigenvalue weighted by Crippen LogP contribution is 2.16. The lowest BCUT2D eigenvalue weighted by atomic mass is 10.1. The first kappa shape index (κ1) is 17.9. The Morgan fingerprint density at radius 3 is 2.44 bits per heavy atom. The Morgan fingerprint density at radius 1 is 1.07 bits per heavy atom. The van der Waals surface area contributed by atoms with Crippen LogP contribution in [0.25, 0.3) is 11.4 Å². The summed E-state index contributed by atoms with van der Waals surface area (Å²) < 4.78 is 0. The summed E-state index contributed by atoms with van der Waals surface area (Å²) in [6, 6.07) is 13.1. The van der Waals surface area contributed by atoms with E-state index in [2.05, 4.69) is 20.7 Å². The van der Waals surface area contributed by atoms with Crippen molar-refractivity contribution in [3.63, 3.8) is 0 Å². The van der Waals surface area contributed by atoms with Crippen LogP contribution in [-0.2, 0) is 11.3 Å². The normalized spacial score (nSPS) is 10.4. The maximum atomic E-state index is 12.2. The number of benzene rings is 2. The van der Waals surface area contributed by atoms with Crippen molar-refractivity contribution in [1.82, 2.24) is 20.2 Å². The van der Waals surface area contributed by atoms with E-state index in [1.54, 1.807) is 48.5 Å². The highest BCUT2D eigenvalue weighted by atomic mass is 16.2. The van der Waals surface area contributed by atoms with Crippen LogP contribution in [0.1, 0.15) is 27.6 Å². The predicted molar refractivity (Wildman–Crippen MR) is 96.8 cm³/mol. The van der Waals surface area contributed by atoms with Crippen LogP contribution in [0.4, 0.5) is 5.69 Å². The van der Waals surface area contributed by atoms with Crippen molar-refractivity contribution < 1.29 is 14.4 Å². The van der Waals surface area contributed by atoms with Crippen molar-refractivity contribution in [3.8, 4) is 11.4 Å². The molecule has 3 aromatic rings. The van der Waals surface area contributed by atoms with Gasteiger partial charge in [0.1, 0.15) is 6.54 Å². The van der Waals surface area contributed by atoms with Gasteiger partial charge in [-0.1, -0.05) is 24.3 Å². The molecule has 0 aliphatic carbocycles. The number of nitrogens with one attached hydrogen (secondary N) is 1. The van der Waals surface area contributed by atoms with Gasteiger partial charge in [-0.3, -0.25) is 14.4 Å². The number of hydrogen-bond acceptors (Lipinski definition) is 6. The van der Waals surface area contributed by atoms with Crippen molar-refractivity contribution in [2.45, 2.75) is 13.5 Å². The van der Waals surface area contributed by atoms with Gasteiger partial charge in [0.2, 0.25) is 17.6 Å². The minimum Gasteiger partial charge on any atom is -0.366 e. The summed E-state index contributed by atoms with van der Waals surface area (Å²) >= 11 is 0. The molecule has 136 valence electrons. The number of rotatable bonds is 6.